The molecule has 3 aromatic heterocycles. The van der Waals surface area contributed by atoms with Crippen molar-refractivity contribution >= 4 is 44.1 Å². The summed E-state index contributed by atoms with van der Waals surface area (Å²) >= 11 is 8.19. The summed E-state index contributed by atoms with van der Waals surface area (Å²) < 4.78 is 5.42. The lowest BCUT2D eigenvalue weighted by molar-refractivity contribution is 0.509. The van der Waals surface area contributed by atoms with Crippen LogP contribution in [0.25, 0.3) is 32.6 Å². The van der Waals surface area contributed by atoms with Gasteiger partial charge in [-0.25, -0.2) is 14.8 Å². The monoisotopic (exact) mass is 382 g/mol. The maximum absolute atomic E-state index is 12.4. The molecule has 26 heavy (non-hydrogen) atoms. The largest absolute Gasteiger partial charge is 0.422 e. The normalized spacial score (nSPS) is 16.9. The minimum atomic E-state index is -0.450. The molecule has 0 aliphatic heterocycles. The lowest BCUT2D eigenvalue weighted by Crippen LogP contribution is -2.08. The Bertz CT molecular complexity index is 1230. The van der Waals surface area contributed by atoms with Crippen molar-refractivity contribution in [1.82, 2.24) is 9.97 Å². The Balaban J connectivity index is 1.73. The minimum absolute atomic E-state index is 0.327. The number of halogens is 1. The quantitative estimate of drug-likeness (QED) is 0.333. The smallest absolute Gasteiger partial charge is 0.347 e. The number of para-hydroxylation sites is 1. The van der Waals surface area contributed by atoms with Crippen LogP contribution in [0.1, 0.15) is 23.8 Å². The molecule has 0 N–H and O–H groups in total. The van der Waals surface area contributed by atoms with Gasteiger partial charge in [0.05, 0.1) is 5.39 Å². The first kappa shape index (κ1) is 16.0. The SMILES string of the molecule is C[C@@H]1CCc2c(sc3nc(-c4cc5ccccc5oc4=O)nc(Cl)c23)C1. The van der Waals surface area contributed by atoms with E-state index in [0.29, 0.717) is 28.0 Å². The molecular formula is C20H15ClN2O2S. The number of aryl methyl sites for hydroxylation is 1. The highest BCUT2D eigenvalue weighted by Crippen LogP contribution is 2.40. The van der Waals surface area contributed by atoms with E-state index < -0.39 is 5.63 Å². The van der Waals surface area contributed by atoms with Crippen LogP contribution in [0.3, 0.4) is 0 Å². The van der Waals surface area contributed by atoms with Crippen LogP contribution in [0.15, 0.2) is 39.5 Å². The Morgan fingerprint density at radius 1 is 1.27 bits per heavy atom. The van der Waals surface area contributed by atoms with E-state index in [1.54, 1.807) is 23.5 Å². The molecule has 1 aromatic carbocycles. The molecule has 0 fully saturated rings. The fourth-order valence-electron chi connectivity index (χ4n) is 3.64. The van der Waals surface area contributed by atoms with Crippen molar-refractivity contribution in [3.05, 3.63) is 56.3 Å². The van der Waals surface area contributed by atoms with Crippen molar-refractivity contribution in [3.8, 4) is 11.4 Å². The van der Waals surface area contributed by atoms with Crippen molar-refractivity contribution in [1.29, 1.82) is 0 Å². The zero-order valence-corrected chi connectivity index (χ0v) is 15.7. The number of benzene rings is 1. The van der Waals surface area contributed by atoms with Crippen molar-refractivity contribution in [2.75, 3.05) is 0 Å². The number of hydrogen-bond acceptors (Lipinski definition) is 5. The molecular weight excluding hydrogens is 368 g/mol. The second-order valence-corrected chi connectivity index (χ2v) is 8.30. The number of hydrogen-bond donors (Lipinski definition) is 0. The fraction of sp³-hybridized carbons (Fsp3) is 0.250. The average Bonchev–Trinajstić information content (AvgIpc) is 2.98. The van der Waals surface area contributed by atoms with Gasteiger partial charge in [-0.05, 0) is 42.9 Å². The number of nitrogens with zero attached hydrogens (tertiary/aromatic N) is 2. The molecule has 0 unspecified atom stereocenters. The molecule has 5 rings (SSSR count). The first-order valence-electron chi connectivity index (χ1n) is 8.61. The van der Waals surface area contributed by atoms with E-state index in [9.17, 15) is 4.79 Å². The Hall–Kier alpha value is -2.24. The number of rotatable bonds is 1. The van der Waals surface area contributed by atoms with Gasteiger partial charge in [-0.3, -0.25) is 0 Å². The molecule has 4 nitrogen and oxygen atoms in total. The summed E-state index contributed by atoms with van der Waals surface area (Å²) in [6.07, 6.45) is 3.22. The Morgan fingerprint density at radius 3 is 3.00 bits per heavy atom. The van der Waals surface area contributed by atoms with E-state index in [1.165, 1.54) is 10.4 Å². The maximum atomic E-state index is 12.4. The van der Waals surface area contributed by atoms with Crippen LogP contribution < -0.4 is 5.63 Å². The van der Waals surface area contributed by atoms with Crippen LogP contribution in [0, 0.1) is 5.92 Å². The van der Waals surface area contributed by atoms with Gasteiger partial charge in [0.1, 0.15) is 21.1 Å². The Labute approximate surface area is 158 Å². The summed E-state index contributed by atoms with van der Waals surface area (Å²) in [4.78, 5) is 23.7. The zero-order valence-electron chi connectivity index (χ0n) is 14.1. The summed E-state index contributed by atoms with van der Waals surface area (Å²) in [5.74, 6) is 1.00. The highest BCUT2D eigenvalue weighted by Gasteiger charge is 2.24. The third kappa shape index (κ3) is 2.46. The molecule has 0 amide bonds. The number of aromatic nitrogens is 2. The highest BCUT2D eigenvalue weighted by molar-refractivity contribution is 7.19. The molecule has 1 aliphatic rings. The van der Waals surface area contributed by atoms with Gasteiger partial charge in [-0.2, -0.15) is 0 Å². The lowest BCUT2D eigenvalue weighted by atomic mass is 9.89. The second-order valence-electron chi connectivity index (χ2n) is 6.86. The van der Waals surface area contributed by atoms with Crippen LogP contribution in [-0.4, -0.2) is 9.97 Å². The van der Waals surface area contributed by atoms with Gasteiger partial charge in [0.2, 0.25) is 0 Å². The third-order valence-corrected chi connectivity index (χ3v) is 6.41. The van der Waals surface area contributed by atoms with E-state index in [-0.39, 0.29) is 0 Å². The van der Waals surface area contributed by atoms with Gasteiger partial charge in [0, 0.05) is 10.3 Å². The van der Waals surface area contributed by atoms with Crippen molar-refractivity contribution in [2.45, 2.75) is 26.2 Å². The molecule has 6 heteroatoms. The Kier molecular flexibility index (Phi) is 3.62. The average molecular weight is 383 g/mol. The van der Waals surface area contributed by atoms with Gasteiger partial charge >= 0.3 is 5.63 Å². The van der Waals surface area contributed by atoms with Gasteiger partial charge in [0.25, 0.3) is 0 Å². The molecule has 0 radical (unpaired) electrons. The predicted molar refractivity (Wildman–Crippen MR) is 105 cm³/mol. The van der Waals surface area contributed by atoms with E-state index in [4.69, 9.17) is 16.0 Å². The van der Waals surface area contributed by atoms with Crippen molar-refractivity contribution in [2.24, 2.45) is 5.92 Å². The van der Waals surface area contributed by atoms with Gasteiger partial charge in [0.15, 0.2) is 5.82 Å². The topological polar surface area (TPSA) is 56.0 Å². The third-order valence-electron chi connectivity index (χ3n) is 4.99. The maximum Gasteiger partial charge on any atom is 0.347 e. The molecule has 4 aromatic rings. The van der Waals surface area contributed by atoms with Crippen LogP contribution in [0.5, 0.6) is 0 Å². The van der Waals surface area contributed by atoms with Crippen LogP contribution in [0.4, 0.5) is 0 Å². The van der Waals surface area contributed by atoms with Crippen molar-refractivity contribution in [3.63, 3.8) is 0 Å². The summed E-state index contributed by atoms with van der Waals surface area (Å²) in [5.41, 5.74) is 1.72. The van der Waals surface area contributed by atoms with E-state index >= 15 is 0 Å². The van der Waals surface area contributed by atoms with Gasteiger partial charge < -0.3 is 4.42 Å². The molecule has 130 valence electrons. The molecule has 0 saturated heterocycles. The number of fused-ring (bicyclic) bond motifs is 4. The minimum Gasteiger partial charge on any atom is -0.422 e. The fourth-order valence-corrected chi connectivity index (χ4v) is 5.36. The molecule has 0 bridgehead atoms. The standard InChI is InChI=1S/C20H15ClN2O2S/c1-10-6-7-12-15(8-10)26-19-16(12)17(21)22-18(23-19)13-9-11-4-2-3-5-14(11)25-20(13)24/h2-5,9-10H,6-8H2,1H3/t10-/m1/s1. The summed E-state index contributed by atoms with van der Waals surface area (Å²) in [7, 11) is 0. The zero-order chi connectivity index (χ0) is 17.8. The molecule has 1 atom stereocenters. The van der Waals surface area contributed by atoms with Crippen molar-refractivity contribution < 1.29 is 4.42 Å². The molecule has 0 spiro atoms. The molecule has 3 heterocycles. The molecule has 1 aliphatic carbocycles. The van der Waals surface area contributed by atoms with Crippen LogP contribution in [-0.2, 0) is 12.8 Å². The molecule has 0 saturated carbocycles. The first-order chi connectivity index (χ1) is 12.6. The summed E-state index contributed by atoms with van der Waals surface area (Å²) in [6.45, 7) is 2.27. The lowest BCUT2D eigenvalue weighted by Gasteiger charge is -2.17. The van der Waals surface area contributed by atoms with E-state index in [0.717, 1.165) is 34.9 Å². The van der Waals surface area contributed by atoms with Crippen LogP contribution in [0.2, 0.25) is 5.15 Å². The van der Waals surface area contributed by atoms with Gasteiger partial charge in [-0.1, -0.05) is 36.7 Å². The predicted octanol–water partition coefficient (Wildman–Crippen LogP) is 5.24. The highest BCUT2D eigenvalue weighted by atomic mass is 35.5. The van der Waals surface area contributed by atoms with Gasteiger partial charge in [-0.15, -0.1) is 11.3 Å². The summed E-state index contributed by atoms with van der Waals surface area (Å²) in [6, 6.07) is 9.17. The second kappa shape index (κ2) is 5.89. The summed E-state index contributed by atoms with van der Waals surface area (Å²) in [5, 5.41) is 2.21. The number of thiophene rings is 1. The van der Waals surface area contributed by atoms with E-state index in [1.807, 2.05) is 18.2 Å². The van der Waals surface area contributed by atoms with E-state index in [2.05, 4.69) is 16.9 Å². The first-order valence-corrected chi connectivity index (χ1v) is 9.80. The Morgan fingerprint density at radius 2 is 2.12 bits per heavy atom. The van der Waals surface area contributed by atoms with Crippen LogP contribution >= 0.6 is 22.9 Å².